The Bertz CT molecular complexity index is 416. The van der Waals surface area contributed by atoms with Crippen molar-refractivity contribution >= 4 is 60.7 Å². The summed E-state index contributed by atoms with van der Waals surface area (Å²) in [5.41, 5.74) is 0.704. The van der Waals surface area contributed by atoms with E-state index in [1.165, 1.54) is 11.3 Å². The fourth-order valence-corrected chi connectivity index (χ4v) is 5.00. The highest BCUT2D eigenvalue weighted by Crippen LogP contribution is 2.32. The first kappa shape index (κ1) is 13.8. The molecule has 1 aliphatic rings. The highest BCUT2D eigenvalue weighted by Gasteiger charge is 2.22. The minimum Gasteiger partial charge on any atom is -0.349 e. The lowest BCUT2D eigenvalue weighted by Gasteiger charge is -2.25. The SMILES string of the molecule is O=C(NC1CCC(Cl)CC1)c1cc(Br)sc1Br. The lowest BCUT2D eigenvalue weighted by Crippen LogP contribution is -2.37. The summed E-state index contributed by atoms with van der Waals surface area (Å²) in [6, 6.07) is 2.11. The van der Waals surface area contributed by atoms with Crippen molar-refractivity contribution in [2.24, 2.45) is 0 Å². The van der Waals surface area contributed by atoms with Gasteiger partial charge in [-0.1, -0.05) is 0 Å². The van der Waals surface area contributed by atoms with E-state index in [1.807, 2.05) is 6.07 Å². The van der Waals surface area contributed by atoms with E-state index in [9.17, 15) is 4.79 Å². The highest BCUT2D eigenvalue weighted by atomic mass is 79.9. The molecule has 17 heavy (non-hydrogen) atoms. The molecule has 0 atom stereocenters. The summed E-state index contributed by atoms with van der Waals surface area (Å²) >= 11 is 14.3. The molecule has 1 heterocycles. The zero-order chi connectivity index (χ0) is 12.4. The number of carbonyl (C=O) groups excluding carboxylic acids is 1. The van der Waals surface area contributed by atoms with Crippen molar-refractivity contribution in [1.29, 1.82) is 0 Å². The minimum absolute atomic E-state index is 0.00292. The molecule has 0 spiro atoms. The summed E-state index contributed by atoms with van der Waals surface area (Å²) < 4.78 is 1.83. The Morgan fingerprint density at radius 1 is 1.35 bits per heavy atom. The molecule has 1 fully saturated rings. The van der Waals surface area contributed by atoms with Gasteiger partial charge >= 0.3 is 0 Å². The van der Waals surface area contributed by atoms with E-state index in [2.05, 4.69) is 37.2 Å². The van der Waals surface area contributed by atoms with Gasteiger partial charge < -0.3 is 5.32 Å². The van der Waals surface area contributed by atoms with Crippen LogP contribution in [0.3, 0.4) is 0 Å². The first-order valence-corrected chi connectivity index (χ1v) is 8.30. The number of nitrogens with one attached hydrogen (secondary N) is 1. The Balaban J connectivity index is 1.95. The van der Waals surface area contributed by atoms with E-state index in [4.69, 9.17) is 11.6 Å². The van der Waals surface area contributed by atoms with E-state index in [1.54, 1.807) is 0 Å². The van der Waals surface area contributed by atoms with Gasteiger partial charge in [-0.2, -0.15) is 0 Å². The number of amides is 1. The molecule has 0 radical (unpaired) electrons. The minimum atomic E-state index is -0.00292. The van der Waals surface area contributed by atoms with Gasteiger partial charge in [0.05, 0.1) is 13.1 Å². The van der Waals surface area contributed by atoms with Gasteiger partial charge in [0.15, 0.2) is 0 Å². The Morgan fingerprint density at radius 3 is 2.53 bits per heavy atom. The van der Waals surface area contributed by atoms with Crippen molar-refractivity contribution in [1.82, 2.24) is 5.32 Å². The van der Waals surface area contributed by atoms with Crippen LogP contribution in [-0.4, -0.2) is 17.3 Å². The van der Waals surface area contributed by atoms with Crippen molar-refractivity contribution in [2.45, 2.75) is 37.1 Å². The van der Waals surface area contributed by atoms with Crippen molar-refractivity contribution in [3.05, 3.63) is 19.2 Å². The molecular weight excluding hydrogens is 389 g/mol. The molecule has 1 aromatic rings. The van der Waals surface area contributed by atoms with Crippen LogP contribution < -0.4 is 5.32 Å². The summed E-state index contributed by atoms with van der Waals surface area (Å²) in [5, 5.41) is 3.35. The predicted molar refractivity (Wildman–Crippen MR) is 79.1 cm³/mol. The molecule has 1 N–H and O–H groups in total. The summed E-state index contributed by atoms with van der Waals surface area (Å²) in [6.07, 6.45) is 3.92. The largest absolute Gasteiger partial charge is 0.349 e. The van der Waals surface area contributed by atoms with Crippen molar-refractivity contribution in [3.8, 4) is 0 Å². The lowest BCUT2D eigenvalue weighted by atomic mass is 9.95. The zero-order valence-corrected chi connectivity index (χ0v) is 13.8. The molecule has 0 aliphatic heterocycles. The summed E-state index contributed by atoms with van der Waals surface area (Å²) in [7, 11) is 0. The van der Waals surface area contributed by atoms with E-state index >= 15 is 0 Å². The van der Waals surface area contributed by atoms with Crippen LogP contribution in [0, 0.1) is 0 Å². The van der Waals surface area contributed by atoms with Gasteiger partial charge in [0.25, 0.3) is 5.91 Å². The second-order valence-corrected chi connectivity index (χ2v) is 8.53. The average molecular weight is 402 g/mol. The van der Waals surface area contributed by atoms with Gasteiger partial charge in [-0.05, 0) is 63.6 Å². The van der Waals surface area contributed by atoms with Crippen molar-refractivity contribution in [2.75, 3.05) is 0 Å². The summed E-state index contributed by atoms with van der Waals surface area (Å²) in [4.78, 5) is 12.0. The number of thiophene rings is 1. The second kappa shape index (κ2) is 6.04. The van der Waals surface area contributed by atoms with E-state index < -0.39 is 0 Å². The van der Waals surface area contributed by atoms with Gasteiger partial charge in [0.2, 0.25) is 0 Å². The maximum atomic E-state index is 12.0. The molecule has 0 aromatic carbocycles. The molecule has 1 aromatic heterocycles. The number of alkyl halides is 1. The van der Waals surface area contributed by atoms with Gasteiger partial charge in [-0.15, -0.1) is 22.9 Å². The first-order chi connectivity index (χ1) is 8.06. The second-order valence-electron chi connectivity index (χ2n) is 4.16. The topological polar surface area (TPSA) is 29.1 Å². The van der Waals surface area contributed by atoms with Gasteiger partial charge in [-0.25, -0.2) is 0 Å². The fourth-order valence-electron chi connectivity index (χ4n) is 1.96. The third-order valence-corrected chi connectivity index (χ3v) is 5.67. The maximum absolute atomic E-state index is 12.0. The molecule has 2 rings (SSSR count). The molecule has 6 heteroatoms. The fraction of sp³-hybridized carbons (Fsp3) is 0.545. The Hall–Kier alpha value is 0.420. The van der Waals surface area contributed by atoms with Crippen LogP contribution in [0.1, 0.15) is 36.0 Å². The van der Waals surface area contributed by atoms with E-state index in [0.29, 0.717) is 5.56 Å². The highest BCUT2D eigenvalue weighted by molar-refractivity contribution is 9.12. The number of hydrogen-bond donors (Lipinski definition) is 1. The van der Waals surface area contributed by atoms with Crippen LogP contribution in [0.2, 0.25) is 0 Å². The van der Waals surface area contributed by atoms with Gasteiger partial charge in [0, 0.05) is 11.4 Å². The normalized spacial score (nSPS) is 24.6. The van der Waals surface area contributed by atoms with Crippen molar-refractivity contribution in [3.63, 3.8) is 0 Å². The number of halogens is 3. The third-order valence-electron chi connectivity index (χ3n) is 2.89. The monoisotopic (exact) mass is 399 g/mol. The van der Waals surface area contributed by atoms with Crippen LogP contribution in [-0.2, 0) is 0 Å². The van der Waals surface area contributed by atoms with Crippen LogP contribution in [0.25, 0.3) is 0 Å². The summed E-state index contributed by atoms with van der Waals surface area (Å²) in [6.45, 7) is 0. The third kappa shape index (κ3) is 3.69. The molecule has 0 saturated heterocycles. The Kier molecular flexibility index (Phi) is 4.92. The Morgan fingerprint density at radius 2 is 2.00 bits per heavy atom. The first-order valence-electron chi connectivity index (χ1n) is 5.46. The predicted octanol–water partition coefficient (Wildman–Crippen LogP) is 4.55. The number of rotatable bonds is 2. The smallest absolute Gasteiger partial charge is 0.253 e. The molecule has 0 unspecified atom stereocenters. The molecule has 1 amide bonds. The molecular formula is C11H12Br2ClNOS. The molecule has 1 aliphatic carbocycles. The molecule has 94 valence electrons. The average Bonchev–Trinajstić information content (AvgIpc) is 2.61. The quantitative estimate of drug-likeness (QED) is 0.724. The zero-order valence-electron chi connectivity index (χ0n) is 9.01. The van der Waals surface area contributed by atoms with E-state index in [0.717, 1.165) is 33.3 Å². The lowest BCUT2D eigenvalue weighted by molar-refractivity contribution is 0.0927. The molecule has 1 saturated carbocycles. The number of carbonyl (C=O) groups is 1. The van der Waals surface area contributed by atoms with Crippen LogP contribution in [0.15, 0.2) is 13.6 Å². The molecule has 0 bridgehead atoms. The van der Waals surface area contributed by atoms with Crippen LogP contribution in [0.4, 0.5) is 0 Å². The van der Waals surface area contributed by atoms with Crippen LogP contribution in [0.5, 0.6) is 0 Å². The number of hydrogen-bond acceptors (Lipinski definition) is 2. The van der Waals surface area contributed by atoms with Gasteiger partial charge in [0.1, 0.15) is 0 Å². The van der Waals surface area contributed by atoms with Crippen molar-refractivity contribution < 1.29 is 4.79 Å². The molecule has 2 nitrogen and oxygen atoms in total. The van der Waals surface area contributed by atoms with Gasteiger partial charge in [-0.3, -0.25) is 4.79 Å². The summed E-state index contributed by atoms with van der Waals surface area (Å²) in [5.74, 6) is -0.00292. The Labute approximate surface area is 126 Å². The standard InChI is InChI=1S/C11H12Br2ClNOS/c12-9-5-8(10(13)17-9)11(16)15-7-3-1-6(14)2-4-7/h5-7H,1-4H2,(H,15,16). The maximum Gasteiger partial charge on any atom is 0.253 e. The van der Waals surface area contributed by atoms with Crippen LogP contribution >= 0.6 is 54.8 Å². The van der Waals surface area contributed by atoms with E-state index in [-0.39, 0.29) is 17.3 Å².